The summed E-state index contributed by atoms with van der Waals surface area (Å²) in [5.41, 5.74) is 6.03. The minimum absolute atomic E-state index is 0.443. The average Bonchev–Trinajstić information content (AvgIpc) is 2.47. The molecule has 0 spiro atoms. The van der Waals surface area contributed by atoms with Crippen LogP contribution in [0.4, 0.5) is 0 Å². The number of hydrogen-bond acceptors (Lipinski definition) is 3. The third kappa shape index (κ3) is 3.93. The first-order valence-electron chi connectivity index (χ1n) is 8.25. The molecule has 0 aromatic rings. The molecule has 0 bridgehead atoms. The van der Waals surface area contributed by atoms with Gasteiger partial charge < -0.3 is 10.5 Å². The van der Waals surface area contributed by atoms with Crippen molar-refractivity contribution in [3.05, 3.63) is 0 Å². The van der Waals surface area contributed by atoms with Crippen LogP contribution >= 0.6 is 0 Å². The van der Waals surface area contributed by atoms with E-state index in [9.17, 15) is 0 Å². The lowest BCUT2D eigenvalue weighted by atomic mass is 9.75. The maximum atomic E-state index is 6.03. The van der Waals surface area contributed by atoms with Crippen LogP contribution in [0.25, 0.3) is 0 Å². The molecule has 1 heterocycles. The fraction of sp³-hybridized carbons (Fsp3) is 1.00. The second kappa shape index (κ2) is 7.61. The molecule has 1 saturated carbocycles. The van der Waals surface area contributed by atoms with Crippen LogP contribution in [0.2, 0.25) is 0 Å². The quantitative estimate of drug-likeness (QED) is 0.833. The van der Waals surface area contributed by atoms with E-state index in [1.165, 1.54) is 51.5 Å². The van der Waals surface area contributed by atoms with Gasteiger partial charge in [-0.15, -0.1) is 0 Å². The number of ether oxygens (including phenoxy) is 1. The summed E-state index contributed by atoms with van der Waals surface area (Å²) in [6.07, 6.45) is 9.77. The summed E-state index contributed by atoms with van der Waals surface area (Å²) in [4.78, 5) is 2.69. The van der Waals surface area contributed by atoms with Crippen LogP contribution in [0.5, 0.6) is 0 Å². The molecule has 2 rings (SSSR count). The molecule has 1 aliphatic carbocycles. The second-order valence-electron chi connectivity index (χ2n) is 6.53. The van der Waals surface area contributed by atoms with Crippen molar-refractivity contribution < 1.29 is 4.74 Å². The Labute approximate surface area is 118 Å². The van der Waals surface area contributed by atoms with Gasteiger partial charge in [0.15, 0.2) is 0 Å². The van der Waals surface area contributed by atoms with Gasteiger partial charge in [0.1, 0.15) is 0 Å². The van der Waals surface area contributed by atoms with Gasteiger partial charge in [-0.1, -0.05) is 26.2 Å². The number of likely N-dealkylation sites (tertiary alicyclic amines) is 1. The summed E-state index contributed by atoms with van der Waals surface area (Å²) in [7, 11) is 1.86. The van der Waals surface area contributed by atoms with Gasteiger partial charge in [-0.2, -0.15) is 0 Å². The van der Waals surface area contributed by atoms with Crippen molar-refractivity contribution in [1.29, 1.82) is 0 Å². The molecule has 4 atom stereocenters. The molecule has 2 fully saturated rings. The molecule has 1 saturated heterocycles. The highest BCUT2D eigenvalue weighted by Crippen LogP contribution is 2.35. The van der Waals surface area contributed by atoms with E-state index in [4.69, 9.17) is 10.5 Å². The third-order valence-electron chi connectivity index (χ3n) is 5.28. The predicted octanol–water partition coefficient (Wildman–Crippen LogP) is 2.64. The Bertz CT molecular complexity index is 259. The lowest BCUT2D eigenvalue weighted by Crippen LogP contribution is -2.51. The summed E-state index contributed by atoms with van der Waals surface area (Å²) < 4.78 is 5.58. The summed E-state index contributed by atoms with van der Waals surface area (Å²) in [6, 6.07) is 0.716. The molecule has 2 N–H and O–H groups in total. The molecule has 3 heteroatoms. The van der Waals surface area contributed by atoms with Crippen molar-refractivity contribution >= 4 is 0 Å². The molecule has 3 nitrogen and oxygen atoms in total. The highest BCUT2D eigenvalue weighted by molar-refractivity contribution is 4.89. The lowest BCUT2D eigenvalue weighted by Gasteiger charge is -2.45. The normalized spacial score (nSPS) is 37.4. The van der Waals surface area contributed by atoms with E-state index in [2.05, 4.69) is 11.8 Å². The van der Waals surface area contributed by atoms with Crippen LogP contribution in [0, 0.1) is 11.8 Å². The molecule has 4 unspecified atom stereocenters. The van der Waals surface area contributed by atoms with E-state index in [1.54, 1.807) is 0 Å². The maximum absolute atomic E-state index is 6.03. The van der Waals surface area contributed by atoms with Gasteiger partial charge in [-0.3, -0.25) is 4.90 Å². The number of methoxy groups -OCH3 is 1. The van der Waals surface area contributed by atoms with Crippen LogP contribution in [-0.2, 0) is 4.74 Å². The fourth-order valence-corrected chi connectivity index (χ4v) is 4.15. The average molecular weight is 268 g/mol. The Hall–Kier alpha value is -0.120. The van der Waals surface area contributed by atoms with E-state index < -0.39 is 0 Å². The van der Waals surface area contributed by atoms with E-state index in [0.717, 1.165) is 19.0 Å². The van der Waals surface area contributed by atoms with Gasteiger partial charge in [0, 0.05) is 19.7 Å². The zero-order valence-electron chi connectivity index (χ0n) is 12.8. The Balaban J connectivity index is 1.96. The van der Waals surface area contributed by atoms with Gasteiger partial charge in [0.05, 0.1) is 6.10 Å². The molecule has 0 amide bonds. The van der Waals surface area contributed by atoms with Crippen LogP contribution in [0.15, 0.2) is 0 Å². The van der Waals surface area contributed by atoms with Gasteiger partial charge in [-0.25, -0.2) is 0 Å². The van der Waals surface area contributed by atoms with Gasteiger partial charge >= 0.3 is 0 Å². The summed E-state index contributed by atoms with van der Waals surface area (Å²) >= 11 is 0. The molecule has 112 valence electrons. The topological polar surface area (TPSA) is 38.5 Å². The summed E-state index contributed by atoms with van der Waals surface area (Å²) in [5, 5.41) is 0. The van der Waals surface area contributed by atoms with Crippen LogP contribution < -0.4 is 5.73 Å². The Kier molecular flexibility index (Phi) is 6.11. The molecule has 0 radical (unpaired) electrons. The monoisotopic (exact) mass is 268 g/mol. The maximum Gasteiger partial charge on any atom is 0.0698 e. The second-order valence-corrected chi connectivity index (χ2v) is 6.53. The van der Waals surface area contributed by atoms with E-state index in [0.29, 0.717) is 18.1 Å². The zero-order chi connectivity index (χ0) is 13.7. The van der Waals surface area contributed by atoms with Crippen LogP contribution in [0.1, 0.15) is 51.9 Å². The third-order valence-corrected chi connectivity index (χ3v) is 5.28. The molecular weight excluding hydrogens is 236 g/mol. The Morgan fingerprint density at radius 2 is 2.11 bits per heavy atom. The Morgan fingerprint density at radius 1 is 1.26 bits per heavy atom. The van der Waals surface area contributed by atoms with Crippen LogP contribution in [0.3, 0.4) is 0 Å². The van der Waals surface area contributed by atoms with Crippen LogP contribution in [-0.4, -0.2) is 43.8 Å². The minimum atomic E-state index is 0.443. The fourth-order valence-electron chi connectivity index (χ4n) is 4.15. The largest absolute Gasteiger partial charge is 0.380 e. The highest BCUT2D eigenvalue weighted by atomic mass is 16.5. The first-order valence-corrected chi connectivity index (χ1v) is 8.25. The number of hydrogen-bond donors (Lipinski definition) is 1. The van der Waals surface area contributed by atoms with Crippen molar-refractivity contribution in [2.24, 2.45) is 17.6 Å². The minimum Gasteiger partial charge on any atom is -0.380 e. The lowest BCUT2D eigenvalue weighted by molar-refractivity contribution is -0.0124. The summed E-state index contributed by atoms with van der Waals surface area (Å²) in [5.74, 6) is 1.64. The standard InChI is InChI=1S/C16H32N2O/c1-3-5-13-7-8-14(11-17)16(10-13)18-9-4-6-15(12-18)19-2/h13-16H,3-12,17H2,1-2H3. The van der Waals surface area contributed by atoms with Crippen molar-refractivity contribution in [2.45, 2.75) is 64.0 Å². The van der Waals surface area contributed by atoms with Gasteiger partial charge in [0.2, 0.25) is 0 Å². The number of nitrogens with zero attached hydrogens (tertiary/aromatic N) is 1. The van der Waals surface area contributed by atoms with Crippen molar-refractivity contribution in [2.75, 3.05) is 26.7 Å². The molecule has 0 aromatic heterocycles. The molecule has 0 aromatic carbocycles. The van der Waals surface area contributed by atoms with Crippen molar-refractivity contribution in [3.63, 3.8) is 0 Å². The Morgan fingerprint density at radius 3 is 2.79 bits per heavy atom. The van der Waals surface area contributed by atoms with Crippen molar-refractivity contribution in [1.82, 2.24) is 4.90 Å². The predicted molar refractivity (Wildman–Crippen MR) is 80.2 cm³/mol. The van der Waals surface area contributed by atoms with E-state index in [1.807, 2.05) is 7.11 Å². The number of piperidine rings is 1. The first kappa shape index (κ1) is 15.3. The van der Waals surface area contributed by atoms with E-state index in [-0.39, 0.29) is 0 Å². The SMILES string of the molecule is CCCC1CCC(CN)C(N2CCCC(OC)C2)C1. The highest BCUT2D eigenvalue weighted by Gasteiger charge is 2.35. The van der Waals surface area contributed by atoms with Gasteiger partial charge in [-0.05, 0) is 50.6 Å². The van der Waals surface area contributed by atoms with Crippen molar-refractivity contribution in [3.8, 4) is 0 Å². The van der Waals surface area contributed by atoms with Gasteiger partial charge in [0.25, 0.3) is 0 Å². The smallest absolute Gasteiger partial charge is 0.0698 e. The van der Waals surface area contributed by atoms with E-state index >= 15 is 0 Å². The molecule has 1 aliphatic heterocycles. The molecule has 2 aliphatic rings. The first-order chi connectivity index (χ1) is 9.28. The number of nitrogens with two attached hydrogens (primary N) is 1. The zero-order valence-corrected chi connectivity index (χ0v) is 12.8. The molecular formula is C16H32N2O. The number of rotatable bonds is 5. The summed E-state index contributed by atoms with van der Waals surface area (Å²) in [6.45, 7) is 5.54. The molecule has 19 heavy (non-hydrogen) atoms.